The zero-order valence-corrected chi connectivity index (χ0v) is 10.8. The fourth-order valence-electron chi connectivity index (χ4n) is 1.70. The highest BCUT2D eigenvalue weighted by molar-refractivity contribution is 7.99. The van der Waals surface area contributed by atoms with Crippen molar-refractivity contribution in [3.05, 3.63) is 23.8 Å². The van der Waals surface area contributed by atoms with E-state index in [0.29, 0.717) is 17.5 Å². The van der Waals surface area contributed by atoms with Gasteiger partial charge in [-0.2, -0.15) is 16.7 Å². The van der Waals surface area contributed by atoms with Crippen LogP contribution in [0.1, 0.15) is 17.5 Å². The van der Waals surface area contributed by atoms with Crippen molar-refractivity contribution in [3.63, 3.8) is 0 Å². The molecule has 0 aromatic carbocycles. The Balaban J connectivity index is 1.82. The molecule has 1 fully saturated rings. The van der Waals surface area contributed by atoms with Crippen LogP contribution >= 0.6 is 11.8 Å². The fourth-order valence-corrected chi connectivity index (χ4v) is 2.62. The number of nitrogens with zero attached hydrogens (tertiary/aromatic N) is 4. The maximum atomic E-state index is 5.27. The van der Waals surface area contributed by atoms with Crippen LogP contribution in [0.4, 0.5) is 0 Å². The van der Waals surface area contributed by atoms with Gasteiger partial charge in [-0.25, -0.2) is 9.97 Å². The summed E-state index contributed by atoms with van der Waals surface area (Å²) >= 11 is 1.88. The quantitative estimate of drug-likeness (QED) is 0.872. The van der Waals surface area contributed by atoms with E-state index in [-0.39, 0.29) is 6.04 Å². The molecule has 0 radical (unpaired) electrons. The van der Waals surface area contributed by atoms with Crippen molar-refractivity contribution in [3.8, 4) is 11.6 Å². The van der Waals surface area contributed by atoms with E-state index in [1.807, 2.05) is 18.7 Å². The Morgan fingerprint density at radius 2 is 2.17 bits per heavy atom. The zero-order chi connectivity index (χ0) is 12.4. The van der Waals surface area contributed by atoms with E-state index < -0.39 is 0 Å². The molecule has 2 aromatic heterocycles. The van der Waals surface area contributed by atoms with Gasteiger partial charge in [-0.15, -0.1) is 0 Å². The van der Waals surface area contributed by atoms with E-state index in [0.717, 1.165) is 23.6 Å². The second kappa shape index (κ2) is 5.03. The first-order valence-electron chi connectivity index (χ1n) is 5.76. The van der Waals surface area contributed by atoms with Crippen LogP contribution in [-0.2, 0) is 0 Å². The van der Waals surface area contributed by atoms with Gasteiger partial charge in [0, 0.05) is 30.4 Å². The van der Waals surface area contributed by atoms with Crippen LogP contribution in [0.2, 0.25) is 0 Å². The first kappa shape index (κ1) is 11.6. The standard InChI is InChI=1S/C11H13N5OS/c1-7-4-13-9(14-5-7)10-15-11(17-16-10)8-6-18-3-2-12-8/h4-5,8,12H,2-3,6H2,1H3. The van der Waals surface area contributed by atoms with Gasteiger partial charge in [-0.05, 0) is 12.5 Å². The van der Waals surface area contributed by atoms with Gasteiger partial charge in [0.2, 0.25) is 17.5 Å². The lowest BCUT2D eigenvalue weighted by Gasteiger charge is -2.19. The molecule has 1 unspecified atom stereocenters. The molecule has 1 aliphatic rings. The van der Waals surface area contributed by atoms with Crippen molar-refractivity contribution in [1.29, 1.82) is 0 Å². The molecule has 6 nitrogen and oxygen atoms in total. The predicted octanol–water partition coefficient (Wildman–Crippen LogP) is 1.21. The molecule has 0 saturated carbocycles. The van der Waals surface area contributed by atoms with Crippen LogP contribution in [-0.4, -0.2) is 38.2 Å². The molecular formula is C11H13N5OS. The van der Waals surface area contributed by atoms with Crippen LogP contribution in [0.15, 0.2) is 16.9 Å². The van der Waals surface area contributed by atoms with Crippen molar-refractivity contribution in [2.24, 2.45) is 0 Å². The lowest BCUT2D eigenvalue weighted by atomic mass is 10.3. The van der Waals surface area contributed by atoms with Crippen LogP contribution in [0.5, 0.6) is 0 Å². The number of hydrogen-bond donors (Lipinski definition) is 1. The number of hydrogen-bond acceptors (Lipinski definition) is 7. The normalized spacial score (nSPS) is 19.9. The highest BCUT2D eigenvalue weighted by atomic mass is 32.2. The van der Waals surface area contributed by atoms with Crippen molar-refractivity contribution in [2.45, 2.75) is 13.0 Å². The van der Waals surface area contributed by atoms with Crippen molar-refractivity contribution in [2.75, 3.05) is 18.1 Å². The molecule has 94 valence electrons. The summed E-state index contributed by atoms with van der Waals surface area (Å²) in [6.45, 7) is 2.91. The van der Waals surface area contributed by atoms with Gasteiger partial charge in [0.05, 0.1) is 6.04 Å². The number of thioether (sulfide) groups is 1. The minimum Gasteiger partial charge on any atom is -0.337 e. The number of aryl methyl sites for hydroxylation is 1. The Labute approximate surface area is 109 Å². The molecule has 0 spiro atoms. The number of nitrogens with one attached hydrogen (secondary N) is 1. The Morgan fingerprint density at radius 3 is 2.89 bits per heavy atom. The van der Waals surface area contributed by atoms with Crippen molar-refractivity contribution < 1.29 is 4.52 Å². The van der Waals surface area contributed by atoms with Crippen molar-refractivity contribution in [1.82, 2.24) is 25.4 Å². The summed E-state index contributed by atoms with van der Waals surface area (Å²) in [5.74, 6) is 3.64. The predicted molar refractivity (Wildman–Crippen MR) is 68.1 cm³/mol. The van der Waals surface area contributed by atoms with Gasteiger partial charge in [0.1, 0.15) is 0 Å². The molecular weight excluding hydrogens is 250 g/mol. The first-order valence-corrected chi connectivity index (χ1v) is 6.92. The fraction of sp³-hybridized carbons (Fsp3) is 0.455. The van der Waals surface area contributed by atoms with Crippen molar-refractivity contribution >= 4 is 11.8 Å². The highest BCUT2D eigenvalue weighted by Gasteiger charge is 2.22. The largest absolute Gasteiger partial charge is 0.337 e. The molecule has 1 atom stereocenters. The molecule has 18 heavy (non-hydrogen) atoms. The van der Waals surface area contributed by atoms with E-state index >= 15 is 0 Å². The number of rotatable bonds is 2. The van der Waals surface area contributed by atoms with E-state index in [1.54, 1.807) is 12.4 Å². The maximum Gasteiger partial charge on any atom is 0.245 e. The third kappa shape index (κ3) is 2.37. The minimum absolute atomic E-state index is 0.135. The van der Waals surface area contributed by atoms with E-state index in [2.05, 4.69) is 25.4 Å². The zero-order valence-electron chi connectivity index (χ0n) is 9.96. The summed E-state index contributed by atoms with van der Waals surface area (Å²) in [4.78, 5) is 12.7. The SMILES string of the molecule is Cc1cnc(-c2noc(C3CSCCN3)n2)nc1. The van der Waals surface area contributed by atoms with E-state index in [1.165, 1.54) is 0 Å². The summed E-state index contributed by atoms with van der Waals surface area (Å²) in [5, 5.41) is 7.28. The average molecular weight is 263 g/mol. The van der Waals surface area contributed by atoms with Gasteiger partial charge in [0.25, 0.3) is 0 Å². The lowest BCUT2D eigenvalue weighted by molar-refractivity contribution is 0.342. The van der Waals surface area contributed by atoms with Gasteiger partial charge in [-0.1, -0.05) is 5.16 Å². The molecule has 1 N–H and O–H groups in total. The monoisotopic (exact) mass is 263 g/mol. The van der Waals surface area contributed by atoms with Crippen LogP contribution in [0.25, 0.3) is 11.6 Å². The summed E-state index contributed by atoms with van der Waals surface area (Å²) in [7, 11) is 0. The molecule has 3 rings (SSSR count). The Morgan fingerprint density at radius 1 is 1.33 bits per heavy atom. The van der Waals surface area contributed by atoms with Crippen LogP contribution in [0, 0.1) is 6.92 Å². The summed E-state index contributed by atoms with van der Waals surface area (Å²) in [5.41, 5.74) is 1.01. The first-order chi connectivity index (χ1) is 8.83. The van der Waals surface area contributed by atoms with Gasteiger partial charge < -0.3 is 9.84 Å². The average Bonchev–Trinajstić information content (AvgIpc) is 2.90. The smallest absolute Gasteiger partial charge is 0.245 e. The second-order valence-electron chi connectivity index (χ2n) is 4.12. The van der Waals surface area contributed by atoms with Gasteiger partial charge in [-0.3, -0.25) is 0 Å². The number of aromatic nitrogens is 4. The molecule has 0 amide bonds. The molecule has 1 saturated heterocycles. The molecule has 0 bridgehead atoms. The van der Waals surface area contributed by atoms with Crippen LogP contribution < -0.4 is 5.32 Å². The third-order valence-electron chi connectivity index (χ3n) is 2.64. The highest BCUT2D eigenvalue weighted by Crippen LogP contribution is 2.21. The maximum absolute atomic E-state index is 5.27. The summed E-state index contributed by atoms with van der Waals surface area (Å²) < 4.78 is 5.27. The van der Waals surface area contributed by atoms with E-state index in [4.69, 9.17) is 4.52 Å². The molecule has 3 heterocycles. The Bertz CT molecular complexity index is 520. The summed E-state index contributed by atoms with van der Waals surface area (Å²) in [6, 6.07) is 0.135. The molecule has 2 aromatic rings. The molecule has 0 aliphatic carbocycles. The van der Waals surface area contributed by atoms with E-state index in [9.17, 15) is 0 Å². The second-order valence-corrected chi connectivity index (χ2v) is 5.27. The van der Waals surface area contributed by atoms with Gasteiger partial charge in [0.15, 0.2) is 0 Å². The van der Waals surface area contributed by atoms with Gasteiger partial charge >= 0.3 is 0 Å². The summed E-state index contributed by atoms with van der Waals surface area (Å²) in [6.07, 6.45) is 3.49. The minimum atomic E-state index is 0.135. The van der Waals surface area contributed by atoms with Crippen LogP contribution in [0.3, 0.4) is 0 Å². The Kier molecular flexibility index (Phi) is 3.24. The molecule has 7 heteroatoms. The third-order valence-corrected chi connectivity index (χ3v) is 3.70. The Hall–Kier alpha value is -1.47. The topological polar surface area (TPSA) is 76.7 Å². The molecule has 1 aliphatic heterocycles. The lowest BCUT2D eigenvalue weighted by Crippen LogP contribution is -2.30.